The second kappa shape index (κ2) is 8.85. The van der Waals surface area contributed by atoms with Crippen LogP contribution in [0.25, 0.3) is 0 Å². The average Bonchev–Trinajstić information content (AvgIpc) is 2.64. The number of non-ortho nitro benzene ring substituents is 1. The molecule has 28 heavy (non-hydrogen) atoms. The molecule has 2 rings (SSSR count). The number of sulfonamides is 1. The molecule has 11 heteroatoms. The van der Waals surface area contributed by atoms with Gasteiger partial charge in [0.25, 0.3) is 5.69 Å². The molecule has 2 aromatic rings. The lowest BCUT2D eigenvalue weighted by Gasteiger charge is -2.20. The predicted octanol–water partition coefficient (Wildman–Crippen LogP) is 3.35. The van der Waals surface area contributed by atoms with Crippen molar-refractivity contribution in [2.75, 3.05) is 18.5 Å². The molecule has 0 unspecified atom stereocenters. The lowest BCUT2D eigenvalue weighted by Crippen LogP contribution is -2.31. The van der Waals surface area contributed by atoms with E-state index in [4.69, 9.17) is 0 Å². The standard InChI is InChI=1S/C17H18F2N4O4S/c1-3-22(4-2)28(26,27)17-10-14(23(24)25)7-8-16(17)21-20-11-12-5-6-13(18)9-15(12)19/h5-11,21H,3-4H2,1-2H3. The predicted molar refractivity (Wildman–Crippen MR) is 101 cm³/mol. The number of halogens is 2. The quantitative estimate of drug-likeness (QED) is 0.407. The Morgan fingerprint density at radius 1 is 1.18 bits per heavy atom. The number of benzene rings is 2. The van der Waals surface area contributed by atoms with Gasteiger partial charge in [-0.1, -0.05) is 13.8 Å². The minimum atomic E-state index is -4.03. The van der Waals surface area contributed by atoms with Gasteiger partial charge in [-0.15, -0.1) is 0 Å². The number of hydrogen-bond donors (Lipinski definition) is 1. The fraction of sp³-hybridized carbons (Fsp3) is 0.235. The highest BCUT2D eigenvalue weighted by Crippen LogP contribution is 2.29. The lowest BCUT2D eigenvalue weighted by molar-refractivity contribution is -0.385. The molecule has 0 aromatic heterocycles. The van der Waals surface area contributed by atoms with Gasteiger partial charge in [0.2, 0.25) is 10.0 Å². The Bertz CT molecular complexity index is 1010. The monoisotopic (exact) mass is 412 g/mol. The fourth-order valence-electron chi connectivity index (χ4n) is 2.41. The van der Waals surface area contributed by atoms with Gasteiger partial charge in [0.05, 0.1) is 16.8 Å². The fourth-order valence-corrected chi connectivity index (χ4v) is 4.03. The molecule has 0 saturated carbocycles. The Labute approximate surface area is 160 Å². The summed E-state index contributed by atoms with van der Waals surface area (Å²) in [6, 6.07) is 6.16. The molecule has 0 bridgehead atoms. The van der Waals surface area contributed by atoms with Gasteiger partial charge in [-0.3, -0.25) is 15.5 Å². The van der Waals surface area contributed by atoms with Crippen molar-refractivity contribution in [3.8, 4) is 0 Å². The zero-order valence-electron chi connectivity index (χ0n) is 15.1. The van der Waals surface area contributed by atoms with Crippen molar-refractivity contribution in [3.05, 3.63) is 63.7 Å². The van der Waals surface area contributed by atoms with E-state index in [1.165, 1.54) is 12.1 Å². The van der Waals surface area contributed by atoms with Crippen LogP contribution in [-0.4, -0.2) is 37.0 Å². The maximum atomic E-state index is 13.6. The Morgan fingerprint density at radius 3 is 2.43 bits per heavy atom. The molecule has 0 aliphatic carbocycles. The molecule has 0 fully saturated rings. The Balaban J connectivity index is 2.43. The van der Waals surface area contributed by atoms with Gasteiger partial charge in [-0.05, 0) is 18.2 Å². The van der Waals surface area contributed by atoms with E-state index in [0.29, 0.717) is 6.07 Å². The SMILES string of the molecule is CCN(CC)S(=O)(=O)c1cc([N+](=O)[O-])ccc1NN=Cc1ccc(F)cc1F. The van der Waals surface area contributed by atoms with Gasteiger partial charge < -0.3 is 0 Å². The van der Waals surface area contributed by atoms with Crippen molar-refractivity contribution in [1.82, 2.24) is 4.31 Å². The number of nitrogens with one attached hydrogen (secondary N) is 1. The number of rotatable bonds is 8. The van der Waals surface area contributed by atoms with Gasteiger partial charge in [-0.25, -0.2) is 17.2 Å². The van der Waals surface area contributed by atoms with E-state index >= 15 is 0 Å². The number of hydrogen-bond acceptors (Lipinski definition) is 6. The third-order valence-electron chi connectivity index (χ3n) is 3.85. The van der Waals surface area contributed by atoms with Crippen LogP contribution in [0.15, 0.2) is 46.4 Å². The molecule has 2 aromatic carbocycles. The zero-order chi connectivity index (χ0) is 20.9. The van der Waals surface area contributed by atoms with E-state index in [-0.39, 0.29) is 29.2 Å². The molecule has 8 nitrogen and oxygen atoms in total. The minimum absolute atomic E-state index is 0.0173. The summed E-state index contributed by atoms with van der Waals surface area (Å²) >= 11 is 0. The van der Waals surface area contributed by atoms with E-state index in [9.17, 15) is 27.3 Å². The van der Waals surface area contributed by atoms with Gasteiger partial charge in [0.15, 0.2) is 0 Å². The first kappa shape index (κ1) is 21.4. The number of nitro benzene ring substituents is 1. The number of nitro groups is 1. The third kappa shape index (κ3) is 4.67. The first-order valence-corrected chi connectivity index (χ1v) is 9.67. The first-order chi connectivity index (χ1) is 13.2. The van der Waals surface area contributed by atoms with Crippen LogP contribution in [0.1, 0.15) is 19.4 Å². The van der Waals surface area contributed by atoms with E-state index in [2.05, 4.69) is 10.5 Å². The number of nitrogens with zero attached hydrogens (tertiary/aromatic N) is 3. The summed E-state index contributed by atoms with van der Waals surface area (Å²) in [6.07, 6.45) is 1.05. The largest absolute Gasteiger partial charge is 0.277 e. The number of hydrazone groups is 1. The smallest absolute Gasteiger partial charge is 0.270 e. The summed E-state index contributed by atoms with van der Waals surface area (Å²) in [6.45, 7) is 3.62. The van der Waals surface area contributed by atoms with Crippen LogP contribution in [0.2, 0.25) is 0 Å². The van der Waals surface area contributed by atoms with Crippen LogP contribution in [0.4, 0.5) is 20.2 Å². The second-order valence-corrected chi connectivity index (χ2v) is 7.47. The van der Waals surface area contributed by atoms with Crippen LogP contribution in [-0.2, 0) is 10.0 Å². The van der Waals surface area contributed by atoms with E-state index in [1.807, 2.05) is 0 Å². The van der Waals surface area contributed by atoms with Crippen LogP contribution in [0.5, 0.6) is 0 Å². The minimum Gasteiger partial charge on any atom is -0.277 e. The maximum absolute atomic E-state index is 13.6. The van der Waals surface area contributed by atoms with Crippen LogP contribution >= 0.6 is 0 Å². The highest BCUT2D eigenvalue weighted by molar-refractivity contribution is 7.89. The summed E-state index contributed by atoms with van der Waals surface area (Å²) in [5, 5.41) is 14.8. The Morgan fingerprint density at radius 2 is 1.86 bits per heavy atom. The molecule has 0 spiro atoms. The molecule has 1 N–H and O–H groups in total. The molecule has 0 radical (unpaired) electrons. The van der Waals surface area contributed by atoms with Gasteiger partial charge in [0.1, 0.15) is 16.5 Å². The third-order valence-corrected chi connectivity index (χ3v) is 5.94. The van der Waals surface area contributed by atoms with Crippen molar-refractivity contribution in [2.24, 2.45) is 5.10 Å². The summed E-state index contributed by atoms with van der Waals surface area (Å²) < 4.78 is 53.4. The zero-order valence-corrected chi connectivity index (χ0v) is 15.9. The van der Waals surface area contributed by atoms with Crippen molar-refractivity contribution < 1.29 is 22.1 Å². The molecular weight excluding hydrogens is 394 g/mol. The second-order valence-electron chi connectivity index (χ2n) is 5.56. The average molecular weight is 412 g/mol. The van der Waals surface area contributed by atoms with E-state index in [1.54, 1.807) is 13.8 Å². The normalized spacial score (nSPS) is 11.9. The van der Waals surface area contributed by atoms with Crippen LogP contribution in [0.3, 0.4) is 0 Å². The Kier molecular flexibility index (Phi) is 6.75. The first-order valence-electron chi connectivity index (χ1n) is 8.23. The van der Waals surface area contributed by atoms with Gasteiger partial charge in [0, 0.05) is 36.9 Å². The topological polar surface area (TPSA) is 105 Å². The van der Waals surface area contributed by atoms with Crippen molar-refractivity contribution in [2.45, 2.75) is 18.7 Å². The molecule has 0 heterocycles. The lowest BCUT2D eigenvalue weighted by atomic mass is 10.2. The van der Waals surface area contributed by atoms with Crippen LogP contribution < -0.4 is 5.43 Å². The van der Waals surface area contributed by atoms with Crippen molar-refractivity contribution in [3.63, 3.8) is 0 Å². The summed E-state index contributed by atoms with van der Waals surface area (Å²) in [7, 11) is -4.03. The Hall–Kier alpha value is -2.92. The van der Waals surface area contributed by atoms with Crippen molar-refractivity contribution >= 4 is 27.6 Å². The van der Waals surface area contributed by atoms with Gasteiger partial charge in [-0.2, -0.15) is 9.41 Å². The number of anilines is 1. The molecule has 0 aliphatic heterocycles. The van der Waals surface area contributed by atoms with E-state index < -0.39 is 32.3 Å². The summed E-state index contributed by atoms with van der Waals surface area (Å²) in [4.78, 5) is 10.0. The molecule has 0 aliphatic rings. The van der Waals surface area contributed by atoms with E-state index in [0.717, 1.165) is 28.7 Å². The summed E-state index contributed by atoms with van der Waals surface area (Å²) in [5.41, 5.74) is 2.02. The van der Waals surface area contributed by atoms with Crippen LogP contribution in [0, 0.1) is 21.7 Å². The highest BCUT2D eigenvalue weighted by Gasteiger charge is 2.27. The summed E-state index contributed by atoms with van der Waals surface area (Å²) in [5.74, 6) is -1.59. The highest BCUT2D eigenvalue weighted by atomic mass is 32.2. The van der Waals surface area contributed by atoms with Gasteiger partial charge >= 0.3 is 0 Å². The van der Waals surface area contributed by atoms with Crippen molar-refractivity contribution in [1.29, 1.82) is 0 Å². The molecule has 0 saturated heterocycles. The molecule has 150 valence electrons. The molecule has 0 amide bonds. The maximum Gasteiger partial charge on any atom is 0.270 e. The molecular formula is C17H18F2N4O4S. The molecule has 0 atom stereocenters.